The monoisotopic (exact) mass is 515 g/mol. The van der Waals surface area contributed by atoms with Crippen molar-refractivity contribution in [2.75, 3.05) is 0 Å². The van der Waals surface area contributed by atoms with Gasteiger partial charge in [-0.3, -0.25) is 4.79 Å². The van der Waals surface area contributed by atoms with Gasteiger partial charge in [0, 0.05) is 10.4 Å². The Hall–Kier alpha value is -3.25. The van der Waals surface area contributed by atoms with E-state index in [1.165, 1.54) is 23.9 Å². The molecule has 0 saturated heterocycles. The van der Waals surface area contributed by atoms with Crippen LogP contribution in [0.25, 0.3) is 10.9 Å². The molecule has 6 heteroatoms. The van der Waals surface area contributed by atoms with Crippen molar-refractivity contribution in [3.8, 4) is 5.75 Å². The fraction of sp³-hybridized carbons (Fsp3) is 0.250. The van der Waals surface area contributed by atoms with Crippen LogP contribution in [-0.4, -0.2) is 15.9 Å². The van der Waals surface area contributed by atoms with Crippen LogP contribution in [0.4, 0.5) is 0 Å². The van der Waals surface area contributed by atoms with Crippen LogP contribution in [0, 0.1) is 0 Å². The topological polar surface area (TPSA) is 56.5 Å². The van der Waals surface area contributed by atoms with E-state index >= 15 is 0 Å². The van der Waals surface area contributed by atoms with Crippen LogP contribution >= 0.6 is 15.9 Å². The Balaban J connectivity index is 1.38. The summed E-state index contributed by atoms with van der Waals surface area (Å²) in [5.41, 5.74) is 2.63. The van der Waals surface area contributed by atoms with Gasteiger partial charge in [-0.2, -0.15) is 9.78 Å². The van der Waals surface area contributed by atoms with E-state index in [2.05, 4.69) is 21.0 Å². The van der Waals surface area contributed by atoms with Gasteiger partial charge in [-0.25, -0.2) is 4.98 Å². The average molecular weight is 516 g/mol. The predicted octanol–water partition coefficient (Wildman–Crippen LogP) is 6.67. The standard InChI is InChI=1S/C28H26BrN3O2/c29-23-14-10-21(11-15-23)19-34-24-16-12-20(13-17-24)18-30-32-27(22-6-2-1-3-7-22)31-26-9-5-4-8-25(26)28(32)33/h4-5,8-18,22H,1-3,6-7,19H2. The molecular weight excluding hydrogens is 490 g/mol. The summed E-state index contributed by atoms with van der Waals surface area (Å²) in [4.78, 5) is 18.2. The average Bonchev–Trinajstić information content (AvgIpc) is 2.89. The molecule has 0 N–H and O–H groups in total. The quantitative estimate of drug-likeness (QED) is 0.269. The molecule has 1 fully saturated rings. The van der Waals surface area contributed by atoms with Crippen LogP contribution in [0.15, 0.2) is 87.2 Å². The summed E-state index contributed by atoms with van der Waals surface area (Å²) in [6.45, 7) is 0.504. The third kappa shape index (κ3) is 5.12. The minimum atomic E-state index is -0.114. The minimum Gasteiger partial charge on any atom is -0.489 e. The number of para-hydroxylation sites is 1. The third-order valence-corrected chi connectivity index (χ3v) is 6.80. The largest absolute Gasteiger partial charge is 0.489 e. The van der Waals surface area contributed by atoms with Gasteiger partial charge in [0.15, 0.2) is 0 Å². The van der Waals surface area contributed by atoms with Crippen molar-refractivity contribution in [2.24, 2.45) is 5.10 Å². The molecule has 34 heavy (non-hydrogen) atoms. The third-order valence-electron chi connectivity index (χ3n) is 6.27. The van der Waals surface area contributed by atoms with Crippen LogP contribution in [0.3, 0.4) is 0 Å². The Morgan fingerprint density at radius 2 is 1.71 bits per heavy atom. The van der Waals surface area contributed by atoms with Crippen LogP contribution in [-0.2, 0) is 6.61 Å². The van der Waals surface area contributed by atoms with E-state index in [0.717, 1.165) is 45.5 Å². The molecule has 1 heterocycles. The fourth-order valence-electron chi connectivity index (χ4n) is 4.40. The molecule has 1 aliphatic carbocycles. The molecule has 4 aromatic rings. The van der Waals surface area contributed by atoms with Crippen LogP contribution in [0.1, 0.15) is 55.0 Å². The second-order valence-electron chi connectivity index (χ2n) is 8.67. The van der Waals surface area contributed by atoms with Crippen LogP contribution in [0.5, 0.6) is 5.75 Å². The van der Waals surface area contributed by atoms with Crippen molar-refractivity contribution in [1.82, 2.24) is 9.66 Å². The summed E-state index contributed by atoms with van der Waals surface area (Å²) in [5.74, 6) is 1.82. The molecule has 0 amide bonds. The number of benzene rings is 3. The zero-order chi connectivity index (χ0) is 23.3. The summed E-state index contributed by atoms with van der Waals surface area (Å²) >= 11 is 3.45. The van der Waals surface area contributed by atoms with Gasteiger partial charge < -0.3 is 4.74 Å². The Morgan fingerprint density at radius 3 is 2.47 bits per heavy atom. The highest BCUT2D eigenvalue weighted by Gasteiger charge is 2.22. The maximum absolute atomic E-state index is 13.3. The smallest absolute Gasteiger partial charge is 0.282 e. The van der Waals surface area contributed by atoms with E-state index in [1.807, 2.05) is 72.8 Å². The molecule has 0 aliphatic heterocycles. The highest BCUT2D eigenvalue weighted by Crippen LogP contribution is 2.31. The lowest BCUT2D eigenvalue weighted by Crippen LogP contribution is -2.25. The van der Waals surface area contributed by atoms with Crippen molar-refractivity contribution in [1.29, 1.82) is 0 Å². The van der Waals surface area contributed by atoms with Crippen LogP contribution in [0.2, 0.25) is 0 Å². The highest BCUT2D eigenvalue weighted by molar-refractivity contribution is 9.10. The lowest BCUT2D eigenvalue weighted by molar-refractivity contribution is 0.306. The number of nitrogens with zero attached hydrogens (tertiary/aromatic N) is 3. The fourth-order valence-corrected chi connectivity index (χ4v) is 4.66. The van der Waals surface area contributed by atoms with E-state index in [0.29, 0.717) is 12.0 Å². The number of fused-ring (bicyclic) bond motifs is 1. The first-order valence-electron chi connectivity index (χ1n) is 11.7. The van der Waals surface area contributed by atoms with Gasteiger partial charge in [0.2, 0.25) is 0 Å². The van der Waals surface area contributed by atoms with Gasteiger partial charge in [-0.15, -0.1) is 0 Å². The minimum absolute atomic E-state index is 0.114. The second-order valence-corrected chi connectivity index (χ2v) is 9.58. The van der Waals surface area contributed by atoms with E-state index in [4.69, 9.17) is 9.72 Å². The molecule has 1 aliphatic rings. The van der Waals surface area contributed by atoms with E-state index in [-0.39, 0.29) is 11.5 Å². The zero-order valence-corrected chi connectivity index (χ0v) is 20.4. The molecule has 5 nitrogen and oxygen atoms in total. The summed E-state index contributed by atoms with van der Waals surface area (Å²) in [6, 6.07) is 23.3. The Kier molecular flexibility index (Phi) is 6.86. The molecule has 1 aromatic heterocycles. The Morgan fingerprint density at radius 1 is 0.971 bits per heavy atom. The van der Waals surface area contributed by atoms with E-state index in [1.54, 1.807) is 6.21 Å². The molecule has 5 rings (SSSR count). The molecule has 0 bridgehead atoms. The maximum atomic E-state index is 13.3. The number of aromatic nitrogens is 2. The first-order valence-corrected chi connectivity index (χ1v) is 12.5. The molecule has 172 valence electrons. The van der Waals surface area contributed by atoms with Gasteiger partial charge in [-0.05, 0) is 72.5 Å². The predicted molar refractivity (Wildman–Crippen MR) is 140 cm³/mol. The first kappa shape index (κ1) is 22.5. The van der Waals surface area contributed by atoms with Gasteiger partial charge in [0.1, 0.15) is 18.2 Å². The summed E-state index contributed by atoms with van der Waals surface area (Å²) in [5, 5.41) is 5.20. The van der Waals surface area contributed by atoms with E-state index < -0.39 is 0 Å². The Bertz CT molecular complexity index is 1360. The number of hydrogen-bond donors (Lipinski definition) is 0. The molecule has 0 radical (unpaired) electrons. The molecular formula is C28H26BrN3O2. The van der Waals surface area contributed by atoms with Crippen molar-refractivity contribution in [3.05, 3.63) is 105 Å². The lowest BCUT2D eigenvalue weighted by atomic mass is 9.88. The Labute approximate surface area is 207 Å². The summed E-state index contributed by atoms with van der Waals surface area (Å²) in [7, 11) is 0. The molecule has 3 aromatic carbocycles. The summed E-state index contributed by atoms with van der Waals surface area (Å²) < 4.78 is 8.45. The molecule has 0 spiro atoms. The van der Waals surface area contributed by atoms with Crippen molar-refractivity contribution >= 4 is 33.0 Å². The van der Waals surface area contributed by atoms with Crippen LogP contribution < -0.4 is 10.3 Å². The van der Waals surface area contributed by atoms with Crippen molar-refractivity contribution in [3.63, 3.8) is 0 Å². The van der Waals surface area contributed by atoms with Gasteiger partial charge in [-0.1, -0.05) is 59.5 Å². The second kappa shape index (κ2) is 10.3. The lowest BCUT2D eigenvalue weighted by Gasteiger charge is -2.22. The first-order chi connectivity index (χ1) is 16.7. The van der Waals surface area contributed by atoms with Crippen molar-refractivity contribution in [2.45, 2.75) is 44.6 Å². The van der Waals surface area contributed by atoms with E-state index in [9.17, 15) is 4.79 Å². The van der Waals surface area contributed by atoms with Gasteiger partial charge in [0.05, 0.1) is 17.1 Å². The van der Waals surface area contributed by atoms with Crippen molar-refractivity contribution < 1.29 is 4.74 Å². The normalized spacial score (nSPS) is 14.6. The number of rotatable bonds is 6. The summed E-state index contributed by atoms with van der Waals surface area (Å²) in [6.07, 6.45) is 7.39. The highest BCUT2D eigenvalue weighted by atomic mass is 79.9. The molecule has 0 unspecified atom stereocenters. The number of ether oxygens (including phenoxy) is 1. The van der Waals surface area contributed by atoms with Gasteiger partial charge >= 0.3 is 0 Å². The van der Waals surface area contributed by atoms with Gasteiger partial charge in [0.25, 0.3) is 5.56 Å². The maximum Gasteiger partial charge on any atom is 0.282 e. The molecule has 0 atom stereocenters. The zero-order valence-electron chi connectivity index (χ0n) is 18.9. The molecule has 1 saturated carbocycles. The SMILES string of the molecule is O=c1c2ccccc2nc(C2CCCCC2)n1N=Cc1ccc(OCc2ccc(Br)cc2)cc1. The number of halogens is 1. The number of hydrogen-bond acceptors (Lipinski definition) is 4.